The molecule has 226 valence electrons. The van der Waals surface area contributed by atoms with E-state index in [-0.39, 0.29) is 23.6 Å². The predicted molar refractivity (Wildman–Crippen MR) is 160 cm³/mol. The van der Waals surface area contributed by atoms with Gasteiger partial charge in [0.25, 0.3) is 0 Å². The SMILES string of the molecule is CCCCCCCCCCCCCCCCCCOc1ccc(N2C(=O)C3C4C(=O)N(C)C(=O)C4C3C2=O)cc1C. The first-order valence-electron chi connectivity index (χ1n) is 16.3. The lowest BCUT2D eigenvalue weighted by molar-refractivity contribution is -0.146. The summed E-state index contributed by atoms with van der Waals surface area (Å²) in [5.74, 6) is -3.53. The molecule has 1 aliphatic carbocycles. The highest BCUT2D eigenvalue weighted by Crippen LogP contribution is 2.56. The van der Waals surface area contributed by atoms with Crippen LogP contribution in [0.5, 0.6) is 5.75 Å². The van der Waals surface area contributed by atoms with Crippen molar-refractivity contribution in [2.45, 2.75) is 117 Å². The zero-order chi connectivity index (χ0) is 29.4. The van der Waals surface area contributed by atoms with Crippen molar-refractivity contribution in [3.05, 3.63) is 23.8 Å². The van der Waals surface area contributed by atoms with Crippen molar-refractivity contribution in [2.75, 3.05) is 18.6 Å². The first-order valence-corrected chi connectivity index (χ1v) is 16.3. The number of carbonyl (C=O) groups excluding carboxylic acids is 4. The highest BCUT2D eigenvalue weighted by molar-refractivity contribution is 6.27. The molecule has 41 heavy (non-hydrogen) atoms. The number of carbonyl (C=O) groups is 4. The molecule has 4 amide bonds. The molecule has 3 aliphatic rings. The van der Waals surface area contributed by atoms with Gasteiger partial charge in [-0.3, -0.25) is 24.1 Å². The van der Waals surface area contributed by atoms with Gasteiger partial charge >= 0.3 is 0 Å². The van der Waals surface area contributed by atoms with Crippen molar-refractivity contribution in [1.82, 2.24) is 4.90 Å². The molecule has 4 atom stereocenters. The van der Waals surface area contributed by atoms with E-state index in [2.05, 4.69) is 6.92 Å². The zero-order valence-corrected chi connectivity index (χ0v) is 25.5. The number of rotatable bonds is 19. The van der Waals surface area contributed by atoms with Crippen LogP contribution in [0.1, 0.15) is 115 Å². The number of fused-ring (bicyclic) bond motifs is 4. The van der Waals surface area contributed by atoms with E-state index >= 15 is 0 Å². The minimum atomic E-state index is -0.722. The number of imide groups is 2. The molecule has 0 bridgehead atoms. The monoisotopic (exact) mass is 566 g/mol. The van der Waals surface area contributed by atoms with Crippen LogP contribution in [0.4, 0.5) is 5.69 Å². The average molecular weight is 567 g/mol. The van der Waals surface area contributed by atoms with E-state index < -0.39 is 23.7 Å². The number of amides is 4. The summed E-state index contributed by atoms with van der Waals surface area (Å²) >= 11 is 0. The highest BCUT2D eigenvalue weighted by Gasteiger charge is 2.73. The molecular weight excluding hydrogens is 516 g/mol. The van der Waals surface area contributed by atoms with Crippen LogP contribution in [-0.4, -0.2) is 42.2 Å². The van der Waals surface area contributed by atoms with Crippen molar-refractivity contribution in [3.8, 4) is 5.75 Å². The molecule has 0 radical (unpaired) electrons. The molecule has 1 aromatic carbocycles. The maximum Gasteiger partial charge on any atom is 0.238 e. The zero-order valence-electron chi connectivity index (χ0n) is 25.5. The van der Waals surface area contributed by atoms with Crippen LogP contribution in [0.15, 0.2) is 18.2 Å². The molecule has 0 aromatic heterocycles. The minimum Gasteiger partial charge on any atom is -0.493 e. The van der Waals surface area contributed by atoms with Crippen molar-refractivity contribution >= 4 is 29.3 Å². The van der Waals surface area contributed by atoms with Gasteiger partial charge in [-0.2, -0.15) is 0 Å². The molecule has 0 spiro atoms. The van der Waals surface area contributed by atoms with Crippen LogP contribution in [0.25, 0.3) is 0 Å². The number of aryl methyl sites for hydroxylation is 1. The van der Waals surface area contributed by atoms with Crippen molar-refractivity contribution in [3.63, 3.8) is 0 Å². The second-order valence-corrected chi connectivity index (χ2v) is 12.5. The van der Waals surface area contributed by atoms with Crippen LogP contribution < -0.4 is 9.64 Å². The number of benzene rings is 1. The van der Waals surface area contributed by atoms with Gasteiger partial charge < -0.3 is 4.74 Å². The minimum absolute atomic E-state index is 0.349. The fraction of sp³-hybridized carbons (Fsp3) is 0.706. The van der Waals surface area contributed by atoms with E-state index in [4.69, 9.17) is 4.74 Å². The molecule has 7 heteroatoms. The molecule has 2 heterocycles. The van der Waals surface area contributed by atoms with Gasteiger partial charge in [-0.1, -0.05) is 103 Å². The number of hydrogen-bond donors (Lipinski definition) is 0. The van der Waals surface area contributed by atoms with Gasteiger partial charge in [-0.25, -0.2) is 4.90 Å². The van der Waals surface area contributed by atoms with E-state index in [0.29, 0.717) is 12.3 Å². The summed E-state index contributed by atoms with van der Waals surface area (Å²) in [5, 5.41) is 0. The Balaban J connectivity index is 1.07. The van der Waals surface area contributed by atoms with Gasteiger partial charge in [0.1, 0.15) is 5.75 Å². The van der Waals surface area contributed by atoms with Gasteiger partial charge in [-0.05, 0) is 37.1 Å². The summed E-state index contributed by atoms with van der Waals surface area (Å²) in [4.78, 5) is 53.3. The third-order valence-electron chi connectivity index (χ3n) is 9.46. The fourth-order valence-corrected chi connectivity index (χ4v) is 6.96. The second kappa shape index (κ2) is 15.0. The molecule has 1 saturated carbocycles. The van der Waals surface area contributed by atoms with Gasteiger partial charge in [0.2, 0.25) is 23.6 Å². The maximum absolute atomic E-state index is 13.1. The molecule has 0 N–H and O–H groups in total. The Bertz CT molecular complexity index is 1040. The van der Waals surface area contributed by atoms with Gasteiger partial charge in [-0.15, -0.1) is 0 Å². The number of anilines is 1. The maximum atomic E-state index is 13.1. The molecule has 2 saturated heterocycles. The number of unbranched alkanes of at least 4 members (excludes halogenated alkanes) is 15. The first-order chi connectivity index (χ1) is 19.9. The lowest BCUT2D eigenvalue weighted by Gasteiger charge is -2.36. The molecule has 3 fully saturated rings. The topological polar surface area (TPSA) is 84.0 Å². The smallest absolute Gasteiger partial charge is 0.238 e. The lowest BCUT2D eigenvalue weighted by atomic mass is 9.59. The third-order valence-corrected chi connectivity index (χ3v) is 9.46. The Morgan fingerprint density at radius 3 is 1.46 bits per heavy atom. The van der Waals surface area contributed by atoms with Gasteiger partial charge in [0, 0.05) is 7.05 Å². The van der Waals surface area contributed by atoms with Gasteiger partial charge in [0.15, 0.2) is 0 Å². The first kappa shape index (κ1) is 31.2. The summed E-state index contributed by atoms with van der Waals surface area (Å²) in [6.07, 6.45) is 21.3. The second-order valence-electron chi connectivity index (χ2n) is 12.5. The quantitative estimate of drug-likeness (QED) is 0.133. The Morgan fingerprint density at radius 1 is 0.610 bits per heavy atom. The molecular formula is C34H50N2O5. The molecule has 1 aromatic rings. The molecule has 2 aliphatic heterocycles. The highest BCUT2D eigenvalue weighted by atomic mass is 16.5. The van der Waals surface area contributed by atoms with Crippen LogP contribution in [0.2, 0.25) is 0 Å². The Kier molecular flexibility index (Phi) is 11.4. The largest absolute Gasteiger partial charge is 0.493 e. The number of hydrogen-bond acceptors (Lipinski definition) is 5. The standard InChI is InChI=1S/C34H50N2O5/c1-4-5-6-7-8-9-10-11-12-13-14-15-16-17-18-19-22-41-26-21-20-25(23-24(26)2)36-33(39)29-27-28(30(29)34(36)40)32(38)35(3)31(27)37/h20-21,23,27-30H,4-19,22H2,1-3H3. The van der Waals surface area contributed by atoms with E-state index in [9.17, 15) is 19.2 Å². The van der Waals surface area contributed by atoms with E-state index in [1.165, 1.54) is 102 Å². The lowest BCUT2D eigenvalue weighted by Crippen LogP contribution is -2.50. The Labute approximate surface area is 246 Å². The molecule has 7 nitrogen and oxygen atoms in total. The van der Waals surface area contributed by atoms with Gasteiger partial charge in [0.05, 0.1) is 36.0 Å². The van der Waals surface area contributed by atoms with E-state index in [1.807, 2.05) is 13.0 Å². The number of ether oxygens (including phenoxy) is 1. The number of nitrogens with zero attached hydrogens (tertiary/aromatic N) is 2. The number of likely N-dealkylation sites (tertiary alicyclic amines) is 1. The Hall–Kier alpha value is -2.70. The molecule has 4 rings (SSSR count). The van der Waals surface area contributed by atoms with E-state index in [0.717, 1.165) is 29.1 Å². The van der Waals surface area contributed by atoms with E-state index in [1.54, 1.807) is 12.1 Å². The van der Waals surface area contributed by atoms with Crippen LogP contribution >= 0.6 is 0 Å². The molecule has 4 unspecified atom stereocenters. The van der Waals surface area contributed by atoms with Crippen LogP contribution in [0.3, 0.4) is 0 Å². The van der Waals surface area contributed by atoms with Crippen LogP contribution in [0, 0.1) is 30.6 Å². The van der Waals surface area contributed by atoms with Crippen molar-refractivity contribution in [2.24, 2.45) is 23.7 Å². The Morgan fingerprint density at radius 2 is 1.02 bits per heavy atom. The fourth-order valence-electron chi connectivity index (χ4n) is 6.96. The predicted octanol–water partition coefficient (Wildman–Crippen LogP) is 6.99. The summed E-state index contributed by atoms with van der Waals surface area (Å²) < 4.78 is 6.00. The summed E-state index contributed by atoms with van der Waals surface area (Å²) in [6.45, 7) is 4.82. The normalized spacial score (nSPS) is 23.3. The third kappa shape index (κ3) is 7.03. The average Bonchev–Trinajstić information content (AvgIpc) is 3.25. The van der Waals surface area contributed by atoms with Crippen LogP contribution in [-0.2, 0) is 19.2 Å². The summed E-state index contributed by atoms with van der Waals surface area (Å²) in [7, 11) is 1.42. The van der Waals surface area contributed by atoms with Crippen molar-refractivity contribution in [1.29, 1.82) is 0 Å². The summed E-state index contributed by atoms with van der Waals surface area (Å²) in [5.41, 5.74) is 1.33. The summed E-state index contributed by atoms with van der Waals surface area (Å²) in [6, 6.07) is 5.32. The van der Waals surface area contributed by atoms with Crippen molar-refractivity contribution < 1.29 is 23.9 Å².